The Balaban J connectivity index is 2.78. The van der Waals surface area contributed by atoms with E-state index in [1.807, 2.05) is 6.92 Å². The molecule has 1 heterocycles. The fourth-order valence-electron chi connectivity index (χ4n) is 0.856. The Morgan fingerprint density at radius 2 is 2.46 bits per heavy atom. The second kappa shape index (κ2) is 4.28. The van der Waals surface area contributed by atoms with Crippen molar-refractivity contribution in [3.05, 3.63) is 22.7 Å². The summed E-state index contributed by atoms with van der Waals surface area (Å²) < 4.78 is 1.47. The molecule has 1 rings (SSSR count). The van der Waals surface area contributed by atoms with Gasteiger partial charge in [-0.25, -0.2) is 4.98 Å². The summed E-state index contributed by atoms with van der Waals surface area (Å²) in [7, 11) is 1.68. The third-order valence-electron chi connectivity index (χ3n) is 1.57. The molecule has 4 nitrogen and oxygen atoms in total. The first kappa shape index (κ1) is 10.1. The molecule has 0 radical (unpaired) electrons. The molecule has 5 heteroatoms. The standard InChI is InChI=1S/C8H12ClN3O/c1-6(9)5-11-7-8(13)12(2)4-3-10-7/h3-4,6H,5H2,1-2H3,(H,10,11). The molecule has 1 aromatic rings. The third-order valence-corrected chi connectivity index (χ3v) is 1.72. The van der Waals surface area contributed by atoms with Crippen molar-refractivity contribution in [2.24, 2.45) is 7.05 Å². The molecular weight excluding hydrogens is 190 g/mol. The van der Waals surface area contributed by atoms with Gasteiger partial charge in [0, 0.05) is 31.4 Å². The Morgan fingerprint density at radius 3 is 3.08 bits per heavy atom. The Bertz CT molecular complexity index is 334. The molecule has 13 heavy (non-hydrogen) atoms. The summed E-state index contributed by atoms with van der Waals surface area (Å²) in [6.07, 6.45) is 3.18. The van der Waals surface area contributed by atoms with E-state index in [-0.39, 0.29) is 10.9 Å². The van der Waals surface area contributed by atoms with Crippen LogP contribution in [-0.4, -0.2) is 21.5 Å². The van der Waals surface area contributed by atoms with Crippen LogP contribution in [0.1, 0.15) is 6.92 Å². The van der Waals surface area contributed by atoms with Crippen molar-refractivity contribution in [3.8, 4) is 0 Å². The molecule has 0 spiro atoms. The number of nitrogens with zero attached hydrogens (tertiary/aromatic N) is 2. The van der Waals surface area contributed by atoms with Crippen molar-refractivity contribution in [1.82, 2.24) is 9.55 Å². The van der Waals surface area contributed by atoms with Gasteiger partial charge in [-0.1, -0.05) is 0 Å². The van der Waals surface area contributed by atoms with Gasteiger partial charge >= 0.3 is 0 Å². The summed E-state index contributed by atoms with van der Waals surface area (Å²) in [4.78, 5) is 15.3. The van der Waals surface area contributed by atoms with E-state index in [1.165, 1.54) is 4.57 Å². The second-order valence-electron chi connectivity index (χ2n) is 2.85. The number of hydrogen-bond donors (Lipinski definition) is 1. The van der Waals surface area contributed by atoms with Crippen LogP contribution in [0, 0.1) is 0 Å². The number of aromatic nitrogens is 2. The summed E-state index contributed by atoms with van der Waals surface area (Å²) in [6.45, 7) is 2.38. The van der Waals surface area contributed by atoms with E-state index in [4.69, 9.17) is 11.6 Å². The zero-order chi connectivity index (χ0) is 9.84. The number of halogens is 1. The maximum Gasteiger partial charge on any atom is 0.293 e. The van der Waals surface area contributed by atoms with Crippen LogP contribution >= 0.6 is 11.6 Å². The normalized spacial score (nSPS) is 12.5. The van der Waals surface area contributed by atoms with Crippen LogP contribution in [0.2, 0.25) is 0 Å². The number of alkyl halides is 1. The third kappa shape index (κ3) is 2.73. The van der Waals surface area contributed by atoms with Gasteiger partial charge in [-0.05, 0) is 6.92 Å². The Labute approximate surface area is 81.6 Å². The lowest BCUT2D eigenvalue weighted by atomic mass is 10.4. The van der Waals surface area contributed by atoms with E-state index in [0.717, 1.165) is 0 Å². The van der Waals surface area contributed by atoms with Crippen molar-refractivity contribution in [3.63, 3.8) is 0 Å². The Morgan fingerprint density at radius 1 is 1.77 bits per heavy atom. The van der Waals surface area contributed by atoms with Gasteiger partial charge in [-0.3, -0.25) is 4.79 Å². The smallest absolute Gasteiger partial charge is 0.293 e. The monoisotopic (exact) mass is 201 g/mol. The molecule has 72 valence electrons. The quantitative estimate of drug-likeness (QED) is 0.737. The van der Waals surface area contributed by atoms with E-state index in [0.29, 0.717) is 12.4 Å². The molecule has 0 aliphatic heterocycles. The summed E-state index contributed by atoms with van der Waals surface area (Å²) in [6, 6.07) is 0. The molecule has 1 N–H and O–H groups in total. The SMILES string of the molecule is CC(Cl)CNc1nccn(C)c1=O. The topological polar surface area (TPSA) is 46.9 Å². The minimum Gasteiger partial charge on any atom is -0.364 e. The summed E-state index contributed by atoms with van der Waals surface area (Å²) in [5.74, 6) is 0.345. The van der Waals surface area contributed by atoms with Crippen molar-refractivity contribution < 1.29 is 0 Å². The summed E-state index contributed by atoms with van der Waals surface area (Å²) in [5.41, 5.74) is -0.139. The second-order valence-corrected chi connectivity index (χ2v) is 3.60. The van der Waals surface area contributed by atoms with Crippen LogP contribution in [0.5, 0.6) is 0 Å². The Hall–Kier alpha value is -1.03. The highest BCUT2D eigenvalue weighted by Gasteiger charge is 2.02. The van der Waals surface area contributed by atoms with Gasteiger partial charge in [0.1, 0.15) is 0 Å². The molecule has 0 bridgehead atoms. The highest BCUT2D eigenvalue weighted by Crippen LogP contribution is 1.96. The van der Waals surface area contributed by atoms with E-state index >= 15 is 0 Å². The van der Waals surface area contributed by atoms with Crippen LogP contribution in [0.4, 0.5) is 5.82 Å². The number of nitrogens with one attached hydrogen (secondary N) is 1. The molecule has 1 atom stereocenters. The molecule has 0 aliphatic carbocycles. The molecule has 0 saturated heterocycles. The Kier molecular flexibility index (Phi) is 3.31. The number of anilines is 1. The van der Waals surface area contributed by atoms with Crippen molar-refractivity contribution in [2.45, 2.75) is 12.3 Å². The fraction of sp³-hybridized carbons (Fsp3) is 0.500. The first-order valence-corrected chi connectivity index (χ1v) is 4.44. The van der Waals surface area contributed by atoms with Gasteiger partial charge in [0.2, 0.25) is 0 Å². The van der Waals surface area contributed by atoms with Crippen molar-refractivity contribution in [2.75, 3.05) is 11.9 Å². The number of rotatable bonds is 3. The summed E-state index contributed by atoms with van der Waals surface area (Å²) in [5, 5.41) is 2.86. The minimum atomic E-state index is -0.139. The van der Waals surface area contributed by atoms with Crippen molar-refractivity contribution >= 4 is 17.4 Å². The zero-order valence-corrected chi connectivity index (χ0v) is 8.38. The lowest BCUT2D eigenvalue weighted by Gasteiger charge is -2.06. The van der Waals surface area contributed by atoms with Gasteiger partial charge in [0.05, 0.1) is 0 Å². The summed E-state index contributed by atoms with van der Waals surface area (Å²) >= 11 is 5.72. The van der Waals surface area contributed by atoms with Crippen LogP contribution in [0.3, 0.4) is 0 Å². The van der Waals surface area contributed by atoms with E-state index < -0.39 is 0 Å². The van der Waals surface area contributed by atoms with E-state index in [2.05, 4.69) is 10.3 Å². The molecule has 0 aliphatic rings. The average molecular weight is 202 g/mol. The van der Waals surface area contributed by atoms with E-state index in [9.17, 15) is 4.79 Å². The largest absolute Gasteiger partial charge is 0.364 e. The number of hydrogen-bond acceptors (Lipinski definition) is 3. The minimum absolute atomic E-state index is 0.0216. The predicted molar refractivity (Wildman–Crippen MR) is 53.3 cm³/mol. The van der Waals surface area contributed by atoms with Gasteiger partial charge in [-0.2, -0.15) is 0 Å². The molecule has 1 unspecified atom stereocenters. The first-order valence-electron chi connectivity index (χ1n) is 4.01. The van der Waals surface area contributed by atoms with Crippen LogP contribution in [-0.2, 0) is 7.05 Å². The average Bonchev–Trinajstić information content (AvgIpc) is 2.07. The van der Waals surface area contributed by atoms with E-state index in [1.54, 1.807) is 19.4 Å². The maximum atomic E-state index is 11.4. The molecule has 0 saturated carbocycles. The van der Waals surface area contributed by atoms with Crippen molar-refractivity contribution in [1.29, 1.82) is 0 Å². The zero-order valence-electron chi connectivity index (χ0n) is 7.62. The van der Waals surface area contributed by atoms with Gasteiger partial charge in [0.25, 0.3) is 5.56 Å². The van der Waals surface area contributed by atoms with Gasteiger partial charge < -0.3 is 9.88 Å². The maximum absolute atomic E-state index is 11.4. The van der Waals surface area contributed by atoms with Gasteiger partial charge in [0.15, 0.2) is 5.82 Å². The van der Waals surface area contributed by atoms with Crippen LogP contribution in [0.25, 0.3) is 0 Å². The van der Waals surface area contributed by atoms with Gasteiger partial charge in [-0.15, -0.1) is 11.6 Å². The molecule has 0 amide bonds. The lowest BCUT2D eigenvalue weighted by molar-refractivity contribution is 0.836. The fourth-order valence-corrected chi connectivity index (χ4v) is 0.934. The molecule has 0 aromatic carbocycles. The highest BCUT2D eigenvalue weighted by atomic mass is 35.5. The van der Waals surface area contributed by atoms with Crippen LogP contribution in [0.15, 0.2) is 17.2 Å². The molecular formula is C8H12ClN3O. The van der Waals surface area contributed by atoms with Crippen LogP contribution < -0.4 is 10.9 Å². The predicted octanol–water partition coefficient (Wildman–Crippen LogP) is 0.819. The number of aryl methyl sites for hydroxylation is 1. The highest BCUT2D eigenvalue weighted by molar-refractivity contribution is 6.20. The molecule has 1 aromatic heterocycles. The lowest BCUT2D eigenvalue weighted by Crippen LogP contribution is -2.24. The first-order chi connectivity index (χ1) is 6.11. The molecule has 0 fully saturated rings.